The molecule has 1 N–H and O–H groups in total. The van der Waals surface area contributed by atoms with E-state index in [-0.39, 0.29) is 23.4 Å². The molecule has 29 heavy (non-hydrogen) atoms. The van der Waals surface area contributed by atoms with Gasteiger partial charge in [-0.15, -0.1) is 27.8 Å². The predicted molar refractivity (Wildman–Crippen MR) is 116 cm³/mol. The number of nitrogens with zero attached hydrogens (tertiary/aromatic N) is 3. The molecule has 0 saturated carbocycles. The molecule has 0 aromatic carbocycles. The van der Waals surface area contributed by atoms with Crippen molar-refractivity contribution in [3.8, 4) is 0 Å². The van der Waals surface area contributed by atoms with E-state index in [4.69, 9.17) is 4.74 Å². The van der Waals surface area contributed by atoms with Gasteiger partial charge in [-0.3, -0.25) is 9.36 Å². The van der Waals surface area contributed by atoms with Crippen LogP contribution in [0.3, 0.4) is 0 Å². The SMILES string of the molecule is COCCCn1c(SCC(=O)N2CCc3sccc3C2c2cccs2)n[nH]c1=O. The van der Waals surface area contributed by atoms with Gasteiger partial charge >= 0.3 is 5.69 Å². The molecule has 3 aromatic rings. The number of thioether (sulfide) groups is 1. The Balaban J connectivity index is 1.48. The van der Waals surface area contributed by atoms with Crippen LogP contribution in [0.1, 0.15) is 27.8 Å². The van der Waals surface area contributed by atoms with E-state index >= 15 is 0 Å². The summed E-state index contributed by atoms with van der Waals surface area (Å²) in [6.07, 6.45) is 1.60. The minimum absolute atomic E-state index is 0.0267. The van der Waals surface area contributed by atoms with Crippen LogP contribution in [0.4, 0.5) is 0 Å². The summed E-state index contributed by atoms with van der Waals surface area (Å²) in [4.78, 5) is 29.7. The molecule has 7 nitrogen and oxygen atoms in total. The standard InChI is InChI=1S/C19H22N4O3S3/c1-26-9-3-7-23-18(25)20-21-19(23)29-12-16(24)22-8-5-14-13(6-11-28-14)17(22)15-4-2-10-27-15/h2,4,6,10-11,17H,3,5,7-9,12H2,1H3,(H,20,25). The topological polar surface area (TPSA) is 80.2 Å². The monoisotopic (exact) mass is 450 g/mol. The van der Waals surface area contributed by atoms with Crippen LogP contribution in [0.2, 0.25) is 0 Å². The van der Waals surface area contributed by atoms with E-state index < -0.39 is 0 Å². The Morgan fingerprint density at radius 1 is 1.38 bits per heavy atom. The summed E-state index contributed by atoms with van der Waals surface area (Å²) >= 11 is 4.75. The Bertz CT molecular complexity index is 1010. The van der Waals surface area contributed by atoms with Gasteiger partial charge in [0, 0.05) is 36.6 Å². The van der Waals surface area contributed by atoms with Gasteiger partial charge in [-0.2, -0.15) is 0 Å². The molecular formula is C19H22N4O3S3. The van der Waals surface area contributed by atoms with Crippen molar-refractivity contribution in [2.24, 2.45) is 0 Å². The fourth-order valence-corrected chi connectivity index (χ4v) is 6.14. The number of fused-ring (bicyclic) bond motifs is 1. The lowest BCUT2D eigenvalue weighted by molar-refractivity contribution is -0.130. The Labute approximate surface area is 180 Å². The second-order valence-corrected chi connectivity index (χ2v) is 9.57. The third-order valence-electron chi connectivity index (χ3n) is 4.88. The van der Waals surface area contributed by atoms with Crippen molar-refractivity contribution in [2.45, 2.75) is 30.6 Å². The lowest BCUT2D eigenvalue weighted by Crippen LogP contribution is -2.40. The quantitative estimate of drug-likeness (QED) is 0.422. The van der Waals surface area contributed by atoms with Crippen molar-refractivity contribution < 1.29 is 9.53 Å². The molecule has 0 radical (unpaired) electrons. The molecule has 0 saturated heterocycles. The third-order valence-corrected chi connectivity index (χ3v) is 7.76. The number of aromatic amines is 1. The van der Waals surface area contributed by atoms with Gasteiger partial charge in [0.05, 0.1) is 11.8 Å². The molecule has 4 rings (SSSR count). The fourth-order valence-electron chi connectivity index (χ4n) is 3.53. The number of H-pyrrole nitrogens is 1. The smallest absolute Gasteiger partial charge is 0.343 e. The van der Waals surface area contributed by atoms with Crippen molar-refractivity contribution in [1.29, 1.82) is 0 Å². The minimum atomic E-state index is -0.256. The highest BCUT2D eigenvalue weighted by Crippen LogP contribution is 2.39. The first kappa shape index (κ1) is 20.4. The zero-order valence-corrected chi connectivity index (χ0v) is 18.4. The highest BCUT2D eigenvalue weighted by molar-refractivity contribution is 7.99. The number of carbonyl (C=O) groups excluding carboxylic acids is 1. The van der Waals surface area contributed by atoms with Gasteiger partial charge in [-0.1, -0.05) is 17.8 Å². The Morgan fingerprint density at radius 2 is 2.28 bits per heavy atom. The fraction of sp³-hybridized carbons (Fsp3) is 0.421. The van der Waals surface area contributed by atoms with Gasteiger partial charge in [0.2, 0.25) is 5.91 Å². The van der Waals surface area contributed by atoms with Crippen molar-refractivity contribution in [3.05, 3.63) is 54.8 Å². The van der Waals surface area contributed by atoms with Crippen LogP contribution in [0, 0.1) is 0 Å². The number of carbonyl (C=O) groups is 1. The molecule has 3 aromatic heterocycles. The molecule has 154 valence electrons. The largest absolute Gasteiger partial charge is 0.385 e. The van der Waals surface area contributed by atoms with Gasteiger partial charge in [0.1, 0.15) is 0 Å². The molecular weight excluding hydrogens is 428 g/mol. The highest BCUT2D eigenvalue weighted by atomic mass is 32.2. The molecule has 0 fully saturated rings. The van der Waals surface area contributed by atoms with Crippen LogP contribution in [0.25, 0.3) is 0 Å². The number of hydrogen-bond donors (Lipinski definition) is 1. The number of rotatable bonds is 8. The average Bonchev–Trinajstić information content (AvgIpc) is 3.47. The first-order chi connectivity index (χ1) is 14.2. The molecule has 1 aliphatic rings. The molecule has 1 atom stereocenters. The molecule has 1 unspecified atom stereocenters. The second kappa shape index (κ2) is 9.29. The maximum absolute atomic E-state index is 13.2. The van der Waals surface area contributed by atoms with E-state index in [0.717, 1.165) is 6.42 Å². The van der Waals surface area contributed by atoms with Crippen LogP contribution in [0.5, 0.6) is 0 Å². The number of hydrogen-bond acceptors (Lipinski definition) is 7. The number of thiophene rings is 2. The summed E-state index contributed by atoms with van der Waals surface area (Å²) in [5, 5.41) is 11.3. The van der Waals surface area contributed by atoms with Crippen LogP contribution < -0.4 is 5.69 Å². The van der Waals surface area contributed by atoms with Gasteiger partial charge in [0.15, 0.2) is 5.16 Å². The summed E-state index contributed by atoms with van der Waals surface area (Å²) < 4.78 is 6.63. The van der Waals surface area contributed by atoms with Crippen LogP contribution in [0.15, 0.2) is 38.9 Å². The predicted octanol–water partition coefficient (Wildman–Crippen LogP) is 3.00. The first-order valence-corrected chi connectivity index (χ1v) is 12.1. The lowest BCUT2D eigenvalue weighted by atomic mass is 9.98. The van der Waals surface area contributed by atoms with Gasteiger partial charge < -0.3 is 9.64 Å². The summed E-state index contributed by atoms with van der Waals surface area (Å²) in [5.41, 5.74) is 0.978. The van der Waals surface area contributed by atoms with Gasteiger partial charge in [0.25, 0.3) is 0 Å². The summed E-state index contributed by atoms with van der Waals surface area (Å²) in [5.74, 6) is 0.305. The van der Waals surface area contributed by atoms with Crippen LogP contribution in [-0.4, -0.2) is 51.6 Å². The maximum atomic E-state index is 13.2. The van der Waals surface area contributed by atoms with Crippen molar-refractivity contribution in [2.75, 3.05) is 26.0 Å². The summed E-state index contributed by atoms with van der Waals surface area (Å²) in [6.45, 7) is 1.79. The normalized spacial score (nSPS) is 16.2. The molecule has 0 aliphatic carbocycles. The average molecular weight is 451 g/mol. The molecule has 4 heterocycles. The molecule has 1 amide bonds. The molecule has 10 heteroatoms. The van der Waals surface area contributed by atoms with E-state index in [2.05, 4.69) is 33.1 Å². The van der Waals surface area contributed by atoms with Crippen molar-refractivity contribution >= 4 is 40.3 Å². The molecule has 0 bridgehead atoms. The number of methoxy groups -OCH3 is 1. The first-order valence-electron chi connectivity index (χ1n) is 9.35. The minimum Gasteiger partial charge on any atom is -0.385 e. The molecule has 0 spiro atoms. The lowest BCUT2D eigenvalue weighted by Gasteiger charge is -2.35. The molecule has 1 aliphatic heterocycles. The zero-order chi connectivity index (χ0) is 20.2. The Kier molecular flexibility index (Phi) is 6.53. The summed E-state index contributed by atoms with van der Waals surface area (Å²) in [6, 6.07) is 6.23. The van der Waals surface area contributed by atoms with E-state index in [1.165, 1.54) is 27.1 Å². The van der Waals surface area contributed by atoms with Gasteiger partial charge in [-0.25, -0.2) is 9.89 Å². The number of ether oxygens (including phenoxy) is 1. The van der Waals surface area contributed by atoms with E-state index in [1.54, 1.807) is 34.4 Å². The van der Waals surface area contributed by atoms with E-state index in [0.29, 0.717) is 31.3 Å². The zero-order valence-electron chi connectivity index (χ0n) is 16.0. The van der Waals surface area contributed by atoms with E-state index in [9.17, 15) is 9.59 Å². The number of aromatic nitrogens is 3. The highest BCUT2D eigenvalue weighted by Gasteiger charge is 2.33. The van der Waals surface area contributed by atoms with Crippen LogP contribution in [-0.2, 0) is 22.5 Å². The number of amides is 1. The second-order valence-electron chi connectivity index (χ2n) is 6.65. The van der Waals surface area contributed by atoms with Gasteiger partial charge in [-0.05, 0) is 41.3 Å². The third kappa shape index (κ3) is 4.35. The maximum Gasteiger partial charge on any atom is 0.343 e. The van der Waals surface area contributed by atoms with Crippen molar-refractivity contribution in [1.82, 2.24) is 19.7 Å². The Hall–Kier alpha value is -1.88. The Morgan fingerprint density at radius 3 is 3.07 bits per heavy atom. The van der Waals surface area contributed by atoms with Crippen molar-refractivity contribution in [3.63, 3.8) is 0 Å². The number of nitrogens with one attached hydrogen (secondary N) is 1. The van der Waals surface area contributed by atoms with E-state index in [1.807, 2.05) is 11.0 Å². The summed E-state index contributed by atoms with van der Waals surface area (Å²) in [7, 11) is 1.63. The van der Waals surface area contributed by atoms with Crippen LogP contribution >= 0.6 is 34.4 Å².